The summed E-state index contributed by atoms with van der Waals surface area (Å²) in [5, 5.41) is 11.2. The van der Waals surface area contributed by atoms with E-state index in [9.17, 15) is 28.1 Å². The Bertz CT molecular complexity index is 1130. The van der Waals surface area contributed by atoms with Gasteiger partial charge in [-0.1, -0.05) is 17.7 Å². The number of nitro groups is 1. The SMILES string of the molecule is O=C(CN1CCC(NS(=O)(=O)c2ccc(Cl)cc2)CC1)NNC(=O)c1cccc([N+](=O)[O-])c1. The molecule has 176 valence electrons. The number of nitrogens with one attached hydrogen (secondary N) is 3. The zero-order valence-corrected chi connectivity index (χ0v) is 18.9. The lowest BCUT2D eigenvalue weighted by atomic mass is 10.1. The van der Waals surface area contributed by atoms with Gasteiger partial charge in [0, 0.05) is 41.9 Å². The molecular weight excluding hydrogens is 474 g/mol. The highest BCUT2D eigenvalue weighted by molar-refractivity contribution is 7.89. The van der Waals surface area contributed by atoms with Gasteiger partial charge in [-0.3, -0.25) is 35.5 Å². The average Bonchev–Trinajstić information content (AvgIpc) is 2.79. The maximum absolute atomic E-state index is 12.5. The van der Waals surface area contributed by atoms with E-state index in [-0.39, 0.29) is 28.7 Å². The van der Waals surface area contributed by atoms with E-state index >= 15 is 0 Å². The number of nitro benzene ring substituents is 1. The number of benzene rings is 2. The molecule has 0 unspecified atom stereocenters. The zero-order valence-electron chi connectivity index (χ0n) is 17.4. The summed E-state index contributed by atoms with van der Waals surface area (Å²) in [6.45, 7) is 0.978. The summed E-state index contributed by atoms with van der Waals surface area (Å²) < 4.78 is 27.6. The topological polar surface area (TPSA) is 151 Å². The van der Waals surface area contributed by atoms with Crippen molar-refractivity contribution in [3.8, 4) is 0 Å². The molecular formula is C20H22ClN5O6S. The number of carbonyl (C=O) groups is 2. The second-order valence-corrected chi connectivity index (χ2v) is 9.59. The number of likely N-dealkylation sites (tertiary alicyclic amines) is 1. The first-order chi connectivity index (χ1) is 15.6. The van der Waals surface area contributed by atoms with Gasteiger partial charge in [0.2, 0.25) is 10.0 Å². The molecule has 1 heterocycles. The minimum atomic E-state index is -3.67. The lowest BCUT2D eigenvalue weighted by Gasteiger charge is -2.31. The Kier molecular flexibility index (Phi) is 7.97. The summed E-state index contributed by atoms with van der Waals surface area (Å²) in [5.74, 6) is -1.14. The van der Waals surface area contributed by atoms with Crippen LogP contribution in [-0.4, -0.2) is 55.7 Å². The van der Waals surface area contributed by atoms with Gasteiger partial charge in [0.1, 0.15) is 0 Å². The Labute approximate surface area is 195 Å². The predicted molar refractivity (Wildman–Crippen MR) is 120 cm³/mol. The first-order valence-electron chi connectivity index (χ1n) is 9.98. The van der Waals surface area contributed by atoms with Crippen molar-refractivity contribution in [1.29, 1.82) is 0 Å². The highest BCUT2D eigenvalue weighted by atomic mass is 35.5. The third-order valence-electron chi connectivity index (χ3n) is 5.04. The van der Waals surface area contributed by atoms with Crippen molar-refractivity contribution in [2.75, 3.05) is 19.6 Å². The lowest BCUT2D eigenvalue weighted by molar-refractivity contribution is -0.384. The Morgan fingerprint density at radius 3 is 2.39 bits per heavy atom. The van der Waals surface area contributed by atoms with Crippen LogP contribution in [-0.2, 0) is 14.8 Å². The van der Waals surface area contributed by atoms with E-state index in [1.807, 2.05) is 4.90 Å². The first kappa shape index (κ1) is 24.6. The number of piperidine rings is 1. The monoisotopic (exact) mass is 495 g/mol. The van der Waals surface area contributed by atoms with Gasteiger partial charge in [0.05, 0.1) is 16.4 Å². The standard InChI is InChI=1S/C20H22ClN5O6S/c21-15-4-6-18(7-5-15)33(31,32)24-16-8-10-25(11-9-16)13-19(27)22-23-20(28)14-2-1-3-17(12-14)26(29)30/h1-7,12,16,24H,8-11,13H2,(H,22,27)(H,23,28). The largest absolute Gasteiger partial charge is 0.294 e. The molecule has 0 bridgehead atoms. The summed E-state index contributed by atoms with van der Waals surface area (Å²) in [6, 6.07) is 10.8. The van der Waals surface area contributed by atoms with Gasteiger partial charge >= 0.3 is 0 Å². The van der Waals surface area contributed by atoms with Crippen molar-refractivity contribution in [2.24, 2.45) is 0 Å². The van der Waals surface area contributed by atoms with E-state index in [2.05, 4.69) is 15.6 Å². The fourth-order valence-electron chi connectivity index (χ4n) is 3.31. The van der Waals surface area contributed by atoms with Crippen LogP contribution in [0.25, 0.3) is 0 Å². The summed E-state index contributed by atoms with van der Waals surface area (Å²) in [6.07, 6.45) is 1.03. The molecule has 1 aliphatic rings. The highest BCUT2D eigenvalue weighted by Crippen LogP contribution is 2.17. The quantitative estimate of drug-likeness (QED) is 0.388. The Balaban J connectivity index is 1.43. The van der Waals surface area contributed by atoms with Gasteiger partial charge in [-0.25, -0.2) is 13.1 Å². The van der Waals surface area contributed by atoms with E-state index in [1.165, 1.54) is 42.5 Å². The number of hydrogen-bond donors (Lipinski definition) is 3. The molecule has 2 amide bonds. The van der Waals surface area contributed by atoms with Gasteiger partial charge in [-0.05, 0) is 43.2 Å². The number of halogens is 1. The van der Waals surface area contributed by atoms with Crippen LogP contribution in [0.4, 0.5) is 5.69 Å². The third-order valence-corrected chi connectivity index (χ3v) is 6.82. The molecule has 1 aliphatic heterocycles. The molecule has 0 aromatic heterocycles. The summed E-state index contributed by atoms with van der Waals surface area (Å²) in [5.41, 5.74) is 4.31. The molecule has 33 heavy (non-hydrogen) atoms. The fraction of sp³-hybridized carbons (Fsp3) is 0.300. The van der Waals surface area contributed by atoms with E-state index in [1.54, 1.807) is 0 Å². The molecule has 2 aromatic rings. The number of carbonyl (C=O) groups excluding carboxylic acids is 2. The number of amides is 2. The van der Waals surface area contributed by atoms with Crippen LogP contribution in [0.1, 0.15) is 23.2 Å². The number of sulfonamides is 1. The van der Waals surface area contributed by atoms with Crippen LogP contribution in [0, 0.1) is 10.1 Å². The minimum absolute atomic E-state index is 0.00583. The molecule has 0 atom stereocenters. The van der Waals surface area contributed by atoms with Gasteiger partial charge in [0.15, 0.2) is 0 Å². The molecule has 3 rings (SSSR count). The van der Waals surface area contributed by atoms with Gasteiger partial charge in [0.25, 0.3) is 17.5 Å². The Hall–Kier alpha value is -3.06. The molecule has 0 aliphatic carbocycles. The van der Waals surface area contributed by atoms with Crippen molar-refractivity contribution < 1.29 is 22.9 Å². The molecule has 0 saturated carbocycles. The molecule has 0 spiro atoms. The van der Waals surface area contributed by atoms with Crippen LogP contribution >= 0.6 is 11.6 Å². The fourth-order valence-corrected chi connectivity index (χ4v) is 4.74. The highest BCUT2D eigenvalue weighted by Gasteiger charge is 2.25. The number of nitrogens with zero attached hydrogens (tertiary/aromatic N) is 2. The van der Waals surface area contributed by atoms with E-state index in [0.717, 1.165) is 6.07 Å². The van der Waals surface area contributed by atoms with Crippen molar-refractivity contribution in [1.82, 2.24) is 20.5 Å². The third kappa shape index (κ3) is 6.96. The number of rotatable bonds is 7. The number of hydrazine groups is 1. The maximum Gasteiger partial charge on any atom is 0.270 e. The van der Waals surface area contributed by atoms with E-state index in [4.69, 9.17) is 11.6 Å². The summed E-state index contributed by atoms with van der Waals surface area (Å²) >= 11 is 5.80. The van der Waals surface area contributed by atoms with Crippen molar-refractivity contribution in [3.63, 3.8) is 0 Å². The molecule has 1 fully saturated rings. The predicted octanol–water partition coefficient (Wildman–Crippen LogP) is 1.45. The molecule has 3 N–H and O–H groups in total. The molecule has 11 nitrogen and oxygen atoms in total. The summed E-state index contributed by atoms with van der Waals surface area (Å²) in [4.78, 5) is 36.4. The Morgan fingerprint density at radius 1 is 1.09 bits per heavy atom. The van der Waals surface area contributed by atoms with E-state index < -0.39 is 26.8 Å². The van der Waals surface area contributed by atoms with Gasteiger partial charge in [-0.2, -0.15) is 0 Å². The van der Waals surface area contributed by atoms with Crippen LogP contribution in [0.15, 0.2) is 53.4 Å². The van der Waals surface area contributed by atoms with E-state index in [0.29, 0.717) is 31.0 Å². The average molecular weight is 496 g/mol. The summed E-state index contributed by atoms with van der Waals surface area (Å²) in [7, 11) is -3.67. The van der Waals surface area contributed by atoms with Crippen LogP contribution in [0.5, 0.6) is 0 Å². The zero-order chi connectivity index (χ0) is 24.0. The minimum Gasteiger partial charge on any atom is -0.294 e. The van der Waals surface area contributed by atoms with Gasteiger partial charge in [-0.15, -0.1) is 0 Å². The first-order valence-corrected chi connectivity index (χ1v) is 11.8. The number of hydrogen-bond acceptors (Lipinski definition) is 7. The normalized spacial score (nSPS) is 15.1. The molecule has 1 saturated heterocycles. The molecule has 13 heteroatoms. The van der Waals surface area contributed by atoms with Crippen molar-refractivity contribution in [2.45, 2.75) is 23.8 Å². The second kappa shape index (κ2) is 10.7. The van der Waals surface area contributed by atoms with Gasteiger partial charge < -0.3 is 0 Å². The number of non-ortho nitro benzene ring substituents is 1. The lowest BCUT2D eigenvalue weighted by Crippen LogP contribution is -2.50. The maximum atomic E-state index is 12.5. The van der Waals surface area contributed by atoms with Crippen molar-refractivity contribution in [3.05, 3.63) is 69.2 Å². The van der Waals surface area contributed by atoms with Crippen molar-refractivity contribution >= 4 is 39.1 Å². The molecule has 0 radical (unpaired) electrons. The van der Waals surface area contributed by atoms with Crippen LogP contribution in [0.2, 0.25) is 5.02 Å². The second-order valence-electron chi connectivity index (χ2n) is 7.44. The smallest absolute Gasteiger partial charge is 0.270 e. The van der Waals surface area contributed by atoms with Crippen LogP contribution < -0.4 is 15.6 Å². The Morgan fingerprint density at radius 2 is 1.76 bits per heavy atom. The molecule has 2 aromatic carbocycles. The van der Waals surface area contributed by atoms with Crippen LogP contribution in [0.3, 0.4) is 0 Å².